The molecule has 0 unspecified atom stereocenters. The Balaban J connectivity index is 1.55. The molecule has 2 fully saturated rings. The Morgan fingerprint density at radius 1 is 1.50 bits per heavy atom. The van der Waals surface area contributed by atoms with Crippen LogP contribution in [0.5, 0.6) is 0 Å². The van der Waals surface area contributed by atoms with Crippen molar-refractivity contribution < 1.29 is 14.0 Å². The van der Waals surface area contributed by atoms with Crippen molar-refractivity contribution in [3.8, 4) is 0 Å². The van der Waals surface area contributed by atoms with Gasteiger partial charge in [-0.05, 0) is 30.7 Å². The summed E-state index contributed by atoms with van der Waals surface area (Å²) < 4.78 is 12.9. The lowest BCUT2D eigenvalue weighted by molar-refractivity contribution is -0.121. The lowest BCUT2D eigenvalue weighted by Crippen LogP contribution is -2.29. The van der Waals surface area contributed by atoms with Gasteiger partial charge in [-0.1, -0.05) is 13.8 Å². The van der Waals surface area contributed by atoms with Crippen LogP contribution >= 0.6 is 0 Å². The van der Waals surface area contributed by atoms with Crippen LogP contribution in [0.25, 0.3) is 0 Å². The molecule has 1 aromatic rings. The van der Waals surface area contributed by atoms with Crippen LogP contribution in [0, 0.1) is 11.8 Å². The number of halogens is 1. The van der Waals surface area contributed by atoms with Crippen LogP contribution in [0.1, 0.15) is 55.2 Å². The van der Waals surface area contributed by atoms with Gasteiger partial charge in [-0.15, -0.1) is 0 Å². The molecule has 120 valence electrons. The number of alkyl halides is 1. The molecule has 1 amide bonds. The largest absolute Gasteiger partial charge is 0.337 e. The van der Waals surface area contributed by atoms with Crippen molar-refractivity contribution in [1.82, 2.24) is 15.1 Å². The average molecular weight is 307 g/mol. The highest BCUT2D eigenvalue weighted by atomic mass is 19.1. The van der Waals surface area contributed by atoms with Crippen molar-refractivity contribution in [3.05, 3.63) is 17.5 Å². The van der Waals surface area contributed by atoms with E-state index in [4.69, 9.17) is 0 Å². The van der Waals surface area contributed by atoms with Crippen molar-refractivity contribution in [3.63, 3.8) is 0 Å². The molecule has 1 aliphatic heterocycles. The lowest BCUT2D eigenvalue weighted by atomic mass is 9.99. The molecular weight excluding hydrogens is 285 g/mol. The molecule has 1 N–H and O–H groups in total. The molecule has 0 radical (unpaired) electrons. The Labute approximate surface area is 129 Å². The molecule has 0 aromatic carbocycles. The van der Waals surface area contributed by atoms with E-state index in [9.17, 15) is 14.0 Å². The zero-order chi connectivity index (χ0) is 15.9. The summed E-state index contributed by atoms with van der Waals surface area (Å²) in [6, 6.07) is 1.80. The fraction of sp³-hybridized carbons (Fsp3) is 0.688. The number of hydrogen-bond acceptors (Lipinski definition) is 3. The van der Waals surface area contributed by atoms with E-state index in [0.29, 0.717) is 37.5 Å². The van der Waals surface area contributed by atoms with Gasteiger partial charge in [-0.25, -0.2) is 4.39 Å². The molecule has 0 spiro atoms. The van der Waals surface area contributed by atoms with Crippen LogP contribution in [0.15, 0.2) is 6.07 Å². The number of Topliss-reactive ketones (excluding diaryl/α,β-unsaturated/α-hetero) is 1. The molecule has 1 aliphatic carbocycles. The maximum atomic E-state index is 12.9. The number of hydrogen-bond donors (Lipinski definition) is 1. The Morgan fingerprint density at radius 2 is 2.23 bits per heavy atom. The smallest absolute Gasteiger partial charge is 0.274 e. The molecule has 0 bridgehead atoms. The highest BCUT2D eigenvalue weighted by molar-refractivity contribution is 5.92. The van der Waals surface area contributed by atoms with Gasteiger partial charge in [0.05, 0.1) is 5.92 Å². The van der Waals surface area contributed by atoms with Gasteiger partial charge in [-0.3, -0.25) is 14.7 Å². The third kappa shape index (κ3) is 3.05. The summed E-state index contributed by atoms with van der Waals surface area (Å²) in [7, 11) is 0. The van der Waals surface area contributed by atoms with E-state index in [-0.39, 0.29) is 23.5 Å². The topological polar surface area (TPSA) is 66.1 Å². The Hall–Kier alpha value is -1.72. The minimum absolute atomic E-state index is 0.0219. The van der Waals surface area contributed by atoms with Crippen molar-refractivity contribution in [1.29, 1.82) is 0 Å². The van der Waals surface area contributed by atoms with Gasteiger partial charge in [0.1, 0.15) is 17.6 Å². The van der Waals surface area contributed by atoms with Gasteiger partial charge in [0.25, 0.3) is 5.91 Å². The first-order valence-electron chi connectivity index (χ1n) is 7.97. The van der Waals surface area contributed by atoms with Crippen LogP contribution in [0.4, 0.5) is 4.39 Å². The second-order valence-corrected chi connectivity index (χ2v) is 6.80. The van der Waals surface area contributed by atoms with E-state index in [1.165, 1.54) is 0 Å². The van der Waals surface area contributed by atoms with Crippen LogP contribution < -0.4 is 0 Å². The normalized spacial score (nSPS) is 27.5. The predicted octanol–water partition coefficient (Wildman–Crippen LogP) is 2.31. The van der Waals surface area contributed by atoms with Gasteiger partial charge in [0.2, 0.25) is 0 Å². The van der Waals surface area contributed by atoms with E-state index < -0.39 is 6.17 Å². The number of rotatable bonds is 5. The Bertz CT molecular complexity index is 584. The molecule has 2 heterocycles. The van der Waals surface area contributed by atoms with Gasteiger partial charge in [0.15, 0.2) is 0 Å². The average Bonchev–Trinajstić information content (AvgIpc) is 2.93. The van der Waals surface area contributed by atoms with Gasteiger partial charge < -0.3 is 4.90 Å². The molecular formula is C16H22FN3O2. The van der Waals surface area contributed by atoms with Crippen LogP contribution in [0.3, 0.4) is 0 Å². The van der Waals surface area contributed by atoms with Crippen LogP contribution in [-0.4, -0.2) is 46.0 Å². The number of aromatic amines is 1. The van der Waals surface area contributed by atoms with E-state index in [2.05, 4.69) is 10.2 Å². The summed E-state index contributed by atoms with van der Waals surface area (Å²) >= 11 is 0. The third-order valence-corrected chi connectivity index (χ3v) is 4.63. The Kier molecular flexibility index (Phi) is 4.02. The zero-order valence-electron chi connectivity index (χ0n) is 13.0. The van der Waals surface area contributed by atoms with Crippen LogP contribution in [0.2, 0.25) is 0 Å². The van der Waals surface area contributed by atoms with Crippen LogP contribution in [-0.2, 0) is 4.79 Å². The van der Waals surface area contributed by atoms with Crippen molar-refractivity contribution in [2.45, 2.75) is 45.2 Å². The number of likely N-dealkylation sites (tertiary alicyclic amines) is 1. The molecule has 1 saturated carbocycles. The number of amides is 1. The fourth-order valence-electron chi connectivity index (χ4n) is 3.02. The predicted molar refractivity (Wildman–Crippen MR) is 79.3 cm³/mol. The number of carbonyl (C=O) groups is 2. The molecule has 1 saturated heterocycles. The molecule has 1 aromatic heterocycles. The van der Waals surface area contributed by atoms with Gasteiger partial charge in [0, 0.05) is 25.2 Å². The standard InChI is InChI=1S/C16H22FN3O2/c1-9(2)13-7-14(19-18-13)16(22)20-4-3-10(8-20)5-15(21)11-6-12(11)17/h7,9-12H,3-6,8H2,1-2H3,(H,18,19)/t10-,11-,12+/m1/s1. The first-order chi connectivity index (χ1) is 10.5. The summed E-state index contributed by atoms with van der Waals surface area (Å²) in [6.07, 6.45) is 0.666. The maximum absolute atomic E-state index is 12.9. The highest BCUT2D eigenvalue weighted by Crippen LogP contribution is 2.37. The van der Waals surface area contributed by atoms with E-state index >= 15 is 0 Å². The zero-order valence-corrected chi connectivity index (χ0v) is 13.0. The molecule has 22 heavy (non-hydrogen) atoms. The first-order valence-corrected chi connectivity index (χ1v) is 7.97. The number of H-pyrrole nitrogens is 1. The summed E-state index contributed by atoms with van der Waals surface area (Å²) in [5.74, 6) is 0.0178. The van der Waals surface area contributed by atoms with E-state index in [1.54, 1.807) is 11.0 Å². The third-order valence-electron chi connectivity index (χ3n) is 4.63. The number of nitrogens with one attached hydrogen (secondary N) is 1. The van der Waals surface area contributed by atoms with Gasteiger partial charge in [-0.2, -0.15) is 5.10 Å². The quantitative estimate of drug-likeness (QED) is 0.908. The first kappa shape index (κ1) is 15.2. The second-order valence-electron chi connectivity index (χ2n) is 6.80. The van der Waals surface area contributed by atoms with Crippen molar-refractivity contribution in [2.24, 2.45) is 11.8 Å². The van der Waals surface area contributed by atoms with E-state index in [0.717, 1.165) is 12.1 Å². The molecule has 3 rings (SSSR count). The minimum Gasteiger partial charge on any atom is -0.337 e. The number of carbonyl (C=O) groups excluding carboxylic acids is 2. The maximum Gasteiger partial charge on any atom is 0.274 e. The second kappa shape index (κ2) is 5.82. The molecule has 3 atom stereocenters. The van der Waals surface area contributed by atoms with Crippen molar-refractivity contribution in [2.75, 3.05) is 13.1 Å². The molecule has 5 nitrogen and oxygen atoms in total. The summed E-state index contributed by atoms with van der Waals surface area (Å²) in [6.45, 7) is 5.28. The highest BCUT2D eigenvalue weighted by Gasteiger charge is 2.44. The number of nitrogens with zero attached hydrogens (tertiary/aromatic N) is 2. The van der Waals surface area contributed by atoms with Gasteiger partial charge >= 0.3 is 0 Å². The number of aromatic nitrogens is 2. The monoisotopic (exact) mass is 307 g/mol. The SMILES string of the molecule is CC(C)c1cc(C(=O)N2CC[C@H](CC(=O)[C@@H]3C[C@@H]3F)C2)n[nH]1. The summed E-state index contributed by atoms with van der Waals surface area (Å²) in [5, 5.41) is 6.97. The fourth-order valence-corrected chi connectivity index (χ4v) is 3.02. The lowest BCUT2D eigenvalue weighted by Gasteiger charge is -2.14. The number of ketones is 1. The minimum atomic E-state index is -0.926. The summed E-state index contributed by atoms with van der Waals surface area (Å²) in [5.41, 5.74) is 1.37. The molecule has 2 aliphatic rings. The van der Waals surface area contributed by atoms with E-state index in [1.807, 2.05) is 13.8 Å². The molecule has 6 heteroatoms. The Morgan fingerprint density at radius 3 is 2.82 bits per heavy atom. The van der Waals surface area contributed by atoms with Crippen molar-refractivity contribution >= 4 is 11.7 Å². The summed E-state index contributed by atoms with van der Waals surface area (Å²) in [4.78, 5) is 26.0.